The molecule has 22 heavy (non-hydrogen) atoms. The summed E-state index contributed by atoms with van der Waals surface area (Å²) < 4.78 is 0. The molecule has 0 saturated heterocycles. The number of nitriles is 1. The van der Waals surface area contributed by atoms with E-state index in [9.17, 15) is 10.1 Å². The van der Waals surface area contributed by atoms with Gasteiger partial charge in [0.15, 0.2) is 0 Å². The summed E-state index contributed by atoms with van der Waals surface area (Å²) in [5, 5.41) is 12.3. The molecule has 1 N–H and O–H groups in total. The van der Waals surface area contributed by atoms with Crippen molar-refractivity contribution in [1.29, 1.82) is 5.26 Å². The van der Waals surface area contributed by atoms with Crippen molar-refractivity contribution in [2.75, 3.05) is 0 Å². The fourth-order valence-electron chi connectivity index (χ4n) is 2.72. The molecule has 0 radical (unpaired) electrons. The molecular weight excluding hydrogens is 274 g/mol. The average molecular weight is 289 g/mol. The largest absolute Gasteiger partial charge is 0.344 e. The van der Waals surface area contributed by atoms with Gasteiger partial charge in [-0.2, -0.15) is 5.26 Å². The van der Waals surface area contributed by atoms with E-state index in [1.165, 1.54) is 0 Å². The fourth-order valence-corrected chi connectivity index (χ4v) is 2.72. The van der Waals surface area contributed by atoms with Gasteiger partial charge in [0.05, 0.1) is 17.7 Å². The fraction of sp³-hybridized carbons (Fsp3) is 0.167. The maximum Gasteiger partial charge on any atom is 0.224 e. The Balaban J connectivity index is 2.04. The van der Waals surface area contributed by atoms with Crippen molar-refractivity contribution in [3.05, 3.63) is 65.5 Å². The molecule has 1 unspecified atom stereocenters. The molecule has 1 amide bonds. The molecule has 0 fully saturated rings. The summed E-state index contributed by atoms with van der Waals surface area (Å²) in [6.07, 6.45) is 3.79. The zero-order valence-electron chi connectivity index (χ0n) is 12.2. The van der Waals surface area contributed by atoms with Gasteiger partial charge in [0, 0.05) is 18.8 Å². The molecule has 4 heteroatoms. The van der Waals surface area contributed by atoms with E-state index in [4.69, 9.17) is 0 Å². The van der Waals surface area contributed by atoms with Crippen molar-refractivity contribution in [1.82, 2.24) is 10.3 Å². The van der Waals surface area contributed by atoms with Crippen molar-refractivity contribution in [3.63, 3.8) is 0 Å². The monoisotopic (exact) mass is 289 g/mol. The molecule has 2 heterocycles. The van der Waals surface area contributed by atoms with Gasteiger partial charge in [0.1, 0.15) is 0 Å². The number of carbonyl (C=O) groups is 1. The smallest absolute Gasteiger partial charge is 0.224 e. The first-order valence-electron chi connectivity index (χ1n) is 7.08. The van der Waals surface area contributed by atoms with Crippen LogP contribution in [0.5, 0.6) is 0 Å². The summed E-state index contributed by atoms with van der Waals surface area (Å²) >= 11 is 0. The maximum atomic E-state index is 11.8. The molecule has 3 rings (SSSR count). The van der Waals surface area contributed by atoms with E-state index in [-0.39, 0.29) is 11.9 Å². The Labute approximate surface area is 129 Å². The second-order valence-electron chi connectivity index (χ2n) is 5.34. The van der Waals surface area contributed by atoms with Gasteiger partial charge in [-0.15, -0.1) is 0 Å². The lowest BCUT2D eigenvalue weighted by Gasteiger charge is -2.25. The van der Waals surface area contributed by atoms with Crippen molar-refractivity contribution >= 4 is 5.91 Å². The Morgan fingerprint density at radius 2 is 2.00 bits per heavy atom. The lowest BCUT2D eigenvalue weighted by atomic mass is 9.89. The predicted molar refractivity (Wildman–Crippen MR) is 83.5 cm³/mol. The molecule has 2 aromatic rings. The highest BCUT2D eigenvalue weighted by Crippen LogP contribution is 2.31. The van der Waals surface area contributed by atoms with E-state index in [0.29, 0.717) is 12.0 Å². The number of nitrogens with one attached hydrogen (secondary N) is 1. The van der Waals surface area contributed by atoms with Crippen LogP contribution in [0.15, 0.2) is 59.9 Å². The Bertz CT molecular complexity index is 787. The van der Waals surface area contributed by atoms with Crippen LogP contribution in [0.25, 0.3) is 11.1 Å². The van der Waals surface area contributed by atoms with Crippen molar-refractivity contribution in [2.24, 2.45) is 0 Å². The highest BCUT2D eigenvalue weighted by molar-refractivity contribution is 5.82. The zero-order valence-corrected chi connectivity index (χ0v) is 12.2. The van der Waals surface area contributed by atoms with Crippen molar-refractivity contribution in [2.45, 2.75) is 19.4 Å². The number of nitrogens with zero attached hydrogens (tertiary/aromatic N) is 2. The number of benzene rings is 1. The number of hydrogen-bond donors (Lipinski definition) is 1. The summed E-state index contributed by atoms with van der Waals surface area (Å²) in [7, 11) is 0. The highest BCUT2D eigenvalue weighted by Gasteiger charge is 2.26. The minimum Gasteiger partial charge on any atom is -0.344 e. The zero-order chi connectivity index (χ0) is 15.5. The van der Waals surface area contributed by atoms with E-state index < -0.39 is 0 Å². The Morgan fingerprint density at radius 3 is 2.73 bits per heavy atom. The Kier molecular flexibility index (Phi) is 3.71. The van der Waals surface area contributed by atoms with Crippen LogP contribution in [0.4, 0.5) is 0 Å². The SMILES string of the molecule is CC1=C(C#N)C(c2cccc(-c3ccncc3)c2)NC(=O)C1. The Morgan fingerprint density at radius 1 is 1.23 bits per heavy atom. The van der Waals surface area contributed by atoms with Crippen LogP contribution in [-0.4, -0.2) is 10.9 Å². The second kappa shape index (κ2) is 5.82. The van der Waals surface area contributed by atoms with E-state index in [1.54, 1.807) is 12.4 Å². The van der Waals surface area contributed by atoms with Gasteiger partial charge in [-0.25, -0.2) is 0 Å². The van der Waals surface area contributed by atoms with Crippen LogP contribution in [0.3, 0.4) is 0 Å². The van der Waals surface area contributed by atoms with Crippen LogP contribution in [-0.2, 0) is 4.79 Å². The second-order valence-corrected chi connectivity index (χ2v) is 5.34. The van der Waals surface area contributed by atoms with Crippen LogP contribution < -0.4 is 5.32 Å². The predicted octanol–water partition coefficient (Wildman–Crippen LogP) is 3.15. The third-order valence-corrected chi connectivity index (χ3v) is 3.83. The van der Waals surface area contributed by atoms with Gasteiger partial charge in [0.25, 0.3) is 0 Å². The molecule has 108 valence electrons. The molecular formula is C18H15N3O. The number of rotatable bonds is 2. The van der Waals surface area contributed by atoms with E-state index in [2.05, 4.69) is 16.4 Å². The molecule has 4 nitrogen and oxygen atoms in total. The quantitative estimate of drug-likeness (QED) is 0.923. The first kappa shape index (κ1) is 14.0. The Hall–Kier alpha value is -2.93. The van der Waals surface area contributed by atoms with Gasteiger partial charge in [-0.1, -0.05) is 18.2 Å². The van der Waals surface area contributed by atoms with E-state index in [0.717, 1.165) is 22.3 Å². The van der Waals surface area contributed by atoms with Gasteiger partial charge < -0.3 is 5.32 Å². The van der Waals surface area contributed by atoms with Crippen molar-refractivity contribution in [3.8, 4) is 17.2 Å². The number of carbonyl (C=O) groups excluding carboxylic acids is 1. The van der Waals surface area contributed by atoms with Crippen LogP contribution in [0, 0.1) is 11.3 Å². The summed E-state index contributed by atoms with van der Waals surface area (Å²) in [6, 6.07) is 13.6. The molecule has 1 aromatic carbocycles. The summed E-state index contributed by atoms with van der Waals surface area (Å²) in [5.41, 5.74) is 4.48. The number of hydrogen-bond acceptors (Lipinski definition) is 3. The molecule has 0 saturated carbocycles. The summed E-state index contributed by atoms with van der Waals surface area (Å²) in [5.74, 6) is -0.0455. The minimum atomic E-state index is -0.368. The minimum absolute atomic E-state index is 0.0455. The summed E-state index contributed by atoms with van der Waals surface area (Å²) in [4.78, 5) is 15.8. The molecule has 0 aliphatic carbocycles. The van der Waals surface area contributed by atoms with Crippen LogP contribution in [0.1, 0.15) is 24.9 Å². The van der Waals surface area contributed by atoms with E-state index >= 15 is 0 Å². The lowest BCUT2D eigenvalue weighted by molar-refractivity contribution is -0.121. The summed E-state index contributed by atoms with van der Waals surface area (Å²) in [6.45, 7) is 1.84. The third kappa shape index (κ3) is 2.61. The molecule has 1 atom stereocenters. The molecule has 1 aliphatic rings. The van der Waals surface area contributed by atoms with Gasteiger partial charge in [-0.05, 0) is 47.4 Å². The standard InChI is InChI=1S/C18H15N3O/c1-12-9-17(22)21-18(16(12)11-19)15-4-2-3-14(10-15)13-5-7-20-8-6-13/h2-8,10,18H,9H2,1H3,(H,21,22). The number of aromatic nitrogens is 1. The topological polar surface area (TPSA) is 65.8 Å². The first-order valence-corrected chi connectivity index (χ1v) is 7.08. The highest BCUT2D eigenvalue weighted by atomic mass is 16.1. The van der Waals surface area contributed by atoms with Crippen molar-refractivity contribution < 1.29 is 4.79 Å². The van der Waals surface area contributed by atoms with E-state index in [1.807, 2.05) is 43.3 Å². The van der Waals surface area contributed by atoms with Gasteiger partial charge in [-0.3, -0.25) is 9.78 Å². The molecule has 0 bridgehead atoms. The van der Waals surface area contributed by atoms with Gasteiger partial charge >= 0.3 is 0 Å². The average Bonchev–Trinajstić information content (AvgIpc) is 2.55. The number of amides is 1. The van der Waals surface area contributed by atoms with Crippen LogP contribution in [0.2, 0.25) is 0 Å². The maximum absolute atomic E-state index is 11.8. The molecule has 1 aromatic heterocycles. The lowest BCUT2D eigenvalue weighted by Crippen LogP contribution is -2.34. The third-order valence-electron chi connectivity index (χ3n) is 3.83. The molecule has 1 aliphatic heterocycles. The first-order chi connectivity index (χ1) is 10.7. The van der Waals surface area contributed by atoms with Gasteiger partial charge in [0.2, 0.25) is 5.91 Å². The molecule has 0 spiro atoms. The van der Waals surface area contributed by atoms with Crippen LogP contribution >= 0.6 is 0 Å². The normalized spacial score (nSPS) is 17.8. The number of pyridine rings is 1.